The third kappa shape index (κ3) is 6.21. The number of rotatable bonds is 4. The van der Waals surface area contributed by atoms with E-state index in [1.165, 1.54) is 22.9 Å². The minimum atomic E-state index is -1.82. The molecule has 0 radical (unpaired) electrons. The Balaban J connectivity index is 0.000000352. The van der Waals surface area contributed by atoms with Crippen LogP contribution in [0.2, 0.25) is 0 Å². The van der Waals surface area contributed by atoms with Crippen LogP contribution >= 0.6 is 23.5 Å². The van der Waals surface area contributed by atoms with Crippen molar-refractivity contribution in [3.05, 3.63) is 41.9 Å². The first-order chi connectivity index (χ1) is 12.5. The van der Waals surface area contributed by atoms with E-state index in [0.29, 0.717) is 0 Å². The first kappa shape index (κ1) is 20.0. The van der Waals surface area contributed by atoms with E-state index >= 15 is 0 Å². The standard InChI is InChI=1S/C14H16N4S2.C2H2O4/c1-18-8-2-3-12(9-18)13-14(17-20-16-13)19-10-11-4-6-15-7-5-11;3-1(4)2(5)6/h3-7H,2,8-10H2,1H3;(H,3,4)(H,5,6). The molecule has 2 aromatic heterocycles. The molecule has 2 N–H and O–H groups in total. The average Bonchev–Trinajstić information content (AvgIpc) is 3.10. The fourth-order valence-corrected chi connectivity index (χ4v) is 3.83. The van der Waals surface area contributed by atoms with E-state index in [9.17, 15) is 0 Å². The lowest BCUT2D eigenvalue weighted by Crippen LogP contribution is -2.25. The number of thioether (sulfide) groups is 1. The van der Waals surface area contributed by atoms with Crippen molar-refractivity contribution in [1.29, 1.82) is 0 Å². The van der Waals surface area contributed by atoms with E-state index < -0.39 is 11.9 Å². The summed E-state index contributed by atoms with van der Waals surface area (Å²) in [4.78, 5) is 24.6. The van der Waals surface area contributed by atoms with Gasteiger partial charge in [0.25, 0.3) is 0 Å². The van der Waals surface area contributed by atoms with Gasteiger partial charge in [0.15, 0.2) is 0 Å². The van der Waals surface area contributed by atoms with Crippen molar-refractivity contribution in [3.8, 4) is 0 Å². The second-order valence-electron chi connectivity index (χ2n) is 5.43. The number of carboxylic acid groups (broad SMARTS) is 2. The molecule has 0 bridgehead atoms. The van der Waals surface area contributed by atoms with Crippen molar-refractivity contribution < 1.29 is 19.8 Å². The Hall–Kier alpha value is -2.30. The molecule has 10 heteroatoms. The molecule has 0 aliphatic carbocycles. The molecule has 0 aromatic carbocycles. The summed E-state index contributed by atoms with van der Waals surface area (Å²) in [5.41, 5.74) is 3.64. The molecule has 0 amide bonds. The van der Waals surface area contributed by atoms with Crippen LogP contribution in [0.15, 0.2) is 35.6 Å². The zero-order chi connectivity index (χ0) is 18.9. The van der Waals surface area contributed by atoms with E-state index in [-0.39, 0.29) is 0 Å². The highest BCUT2D eigenvalue weighted by molar-refractivity contribution is 7.98. The molecule has 26 heavy (non-hydrogen) atoms. The summed E-state index contributed by atoms with van der Waals surface area (Å²) in [7, 11) is 2.15. The van der Waals surface area contributed by atoms with Crippen LogP contribution in [0.5, 0.6) is 0 Å². The van der Waals surface area contributed by atoms with E-state index in [1.807, 2.05) is 24.5 Å². The highest BCUT2D eigenvalue weighted by Crippen LogP contribution is 2.30. The van der Waals surface area contributed by atoms with E-state index in [4.69, 9.17) is 19.8 Å². The Kier molecular flexibility index (Phi) is 7.70. The minimum absolute atomic E-state index is 0.907. The number of hydrogen-bond acceptors (Lipinski definition) is 8. The molecule has 138 valence electrons. The van der Waals surface area contributed by atoms with Crippen molar-refractivity contribution >= 4 is 41.0 Å². The number of carboxylic acids is 2. The summed E-state index contributed by atoms with van der Waals surface area (Å²) in [6.07, 6.45) is 7.05. The molecule has 2 aromatic rings. The van der Waals surface area contributed by atoms with Gasteiger partial charge in [-0.15, -0.1) is 0 Å². The Morgan fingerprint density at radius 3 is 2.54 bits per heavy atom. The Bertz CT molecular complexity index is 768. The molecular formula is C16H18N4O4S2. The molecule has 0 saturated carbocycles. The molecule has 3 rings (SSSR count). The van der Waals surface area contributed by atoms with Crippen LogP contribution in [0.1, 0.15) is 17.7 Å². The summed E-state index contributed by atoms with van der Waals surface area (Å²) in [5.74, 6) is -2.74. The summed E-state index contributed by atoms with van der Waals surface area (Å²) in [6, 6.07) is 4.08. The van der Waals surface area contributed by atoms with Crippen molar-refractivity contribution in [1.82, 2.24) is 18.6 Å². The van der Waals surface area contributed by atoms with Gasteiger partial charge in [-0.1, -0.05) is 17.8 Å². The second-order valence-corrected chi connectivity index (χ2v) is 6.92. The van der Waals surface area contributed by atoms with Crippen LogP contribution in [0.4, 0.5) is 0 Å². The minimum Gasteiger partial charge on any atom is -0.473 e. The van der Waals surface area contributed by atoms with Gasteiger partial charge in [-0.25, -0.2) is 9.59 Å². The van der Waals surface area contributed by atoms with Crippen LogP contribution in [0, 0.1) is 0 Å². The molecule has 0 saturated heterocycles. The summed E-state index contributed by atoms with van der Waals surface area (Å²) in [5, 5.41) is 15.8. The predicted molar refractivity (Wildman–Crippen MR) is 99.1 cm³/mol. The first-order valence-electron chi connectivity index (χ1n) is 7.65. The van der Waals surface area contributed by atoms with Gasteiger partial charge in [-0.05, 0) is 36.7 Å². The zero-order valence-corrected chi connectivity index (χ0v) is 15.7. The maximum absolute atomic E-state index is 9.10. The van der Waals surface area contributed by atoms with E-state index in [1.54, 1.807) is 11.8 Å². The van der Waals surface area contributed by atoms with E-state index in [2.05, 4.69) is 31.8 Å². The molecule has 0 unspecified atom stereocenters. The van der Waals surface area contributed by atoms with Crippen LogP contribution in [0.25, 0.3) is 5.57 Å². The first-order valence-corrected chi connectivity index (χ1v) is 9.37. The molecule has 3 heterocycles. The third-order valence-electron chi connectivity index (χ3n) is 3.41. The van der Waals surface area contributed by atoms with Crippen LogP contribution in [-0.2, 0) is 15.3 Å². The number of carbonyl (C=O) groups is 2. The maximum Gasteiger partial charge on any atom is 0.414 e. The highest BCUT2D eigenvalue weighted by Gasteiger charge is 2.17. The van der Waals surface area contributed by atoms with Gasteiger partial charge in [-0.2, -0.15) is 8.75 Å². The average molecular weight is 394 g/mol. The number of aromatic nitrogens is 3. The fraction of sp³-hybridized carbons (Fsp3) is 0.312. The predicted octanol–water partition coefficient (Wildman–Crippen LogP) is 2.10. The maximum atomic E-state index is 9.10. The second kappa shape index (κ2) is 10.00. The molecule has 0 fully saturated rings. The lowest BCUT2D eigenvalue weighted by Gasteiger charge is -2.22. The SMILES string of the molecule is CN1CCC=C(c2nsnc2SCc2ccncc2)C1.O=C(O)C(=O)O. The Labute approximate surface area is 158 Å². The van der Waals surface area contributed by atoms with Crippen molar-refractivity contribution in [2.45, 2.75) is 17.2 Å². The lowest BCUT2D eigenvalue weighted by molar-refractivity contribution is -0.159. The van der Waals surface area contributed by atoms with Gasteiger partial charge in [0.1, 0.15) is 10.7 Å². The number of pyridine rings is 1. The summed E-state index contributed by atoms with van der Waals surface area (Å²) in [6.45, 7) is 2.09. The van der Waals surface area contributed by atoms with Crippen LogP contribution in [-0.4, -0.2) is 60.9 Å². The number of hydrogen-bond donors (Lipinski definition) is 2. The van der Waals surface area contributed by atoms with Gasteiger partial charge in [0.05, 0.1) is 11.7 Å². The lowest BCUT2D eigenvalue weighted by atomic mass is 10.1. The van der Waals surface area contributed by atoms with Crippen molar-refractivity contribution in [2.24, 2.45) is 0 Å². The molecule has 0 spiro atoms. The number of likely N-dealkylation sites (N-methyl/N-ethyl adjacent to an activating group) is 1. The monoisotopic (exact) mass is 394 g/mol. The van der Waals surface area contributed by atoms with E-state index in [0.717, 1.165) is 36.0 Å². The van der Waals surface area contributed by atoms with Gasteiger partial charge in [0.2, 0.25) is 0 Å². The fourth-order valence-electron chi connectivity index (χ4n) is 2.17. The highest BCUT2D eigenvalue weighted by atomic mass is 32.2. The molecule has 1 aliphatic heterocycles. The van der Waals surface area contributed by atoms with Gasteiger partial charge in [-0.3, -0.25) is 4.98 Å². The quantitative estimate of drug-likeness (QED) is 0.594. The van der Waals surface area contributed by atoms with Crippen molar-refractivity contribution in [2.75, 3.05) is 20.1 Å². The van der Waals surface area contributed by atoms with Crippen LogP contribution < -0.4 is 0 Å². The molecule has 8 nitrogen and oxygen atoms in total. The van der Waals surface area contributed by atoms with Gasteiger partial charge >= 0.3 is 11.9 Å². The summed E-state index contributed by atoms with van der Waals surface area (Å²) < 4.78 is 8.94. The largest absolute Gasteiger partial charge is 0.473 e. The van der Waals surface area contributed by atoms with Crippen LogP contribution in [0.3, 0.4) is 0 Å². The smallest absolute Gasteiger partial charge is 0.414 e. The van der Waals surface area contributed by atoms with Crippen molar-refractivity contribution in [3.63, 3.8) is 0 Å². The number of nitrogens with zero attached hydrogens (tertiary/aromatic N) is 4. The molecule has 1 aliphatic rings. The summed E-state index contributed by atoms with van der Waals surface area (Å²) >= 11 is 3.06. The molecule has 0 atom stereocenters. The topological polar surface area (TPSA) is 117 Å². The normalized spacial score (nSPS) is 14.1. The van der Waals surface area contributed by atoms with Gasteiger partial charge in [0, 0.05) is 31.2 Å². The van der Waals surface area contributed by atoms with Gasteiger partial charge < -0.3 is 15.1 Å². The third-order valence-corrected chi connectivity index (χ3v) is 5.09. The number of aliphatic carboxylic acids is 2. The zero-order valence-electron chi connectivity index (χ0n) is 14.0. The molecular weight excluding hydrogens is 376 g/mol. The Morgan fingerprint density at radius 2 is 1.92 bits per heavy atom. The Morgan fingerprint density at radius 1 is 1.23 bits per heavy atom.